The zero-order valence-corrected chi connectivity index (χ0v) is 64.4. The van der Waals surface area contributed by atoms with Gasteiger partial charge in [0, 0.05) is 53.8 Å². The summed E-state index contributed by atoms with van der Waals surface area (Å²) in [5, 5.41) is 128. The van der Waals surface area contributed by atoms with E-state index in [1.807, 2.05) is 39.0 Å². The zero-order chi connectivity index (χ0) is 80.9. The van der Waals surface area contributed by atoms with Crippen LogP contribution in [0.2, 0.25) is 5.02 Å². The number of alkyl halides is 1. The maximum absolute atomic E-state index is 16.4. The summed E-state index contributed by atoms with van der Waals surface area (Å²) < 4.78 is 41.6. The van der Waals surface area contributed by atoms with Gasteiger partial charge in [-0.1, -0.05) is 79.5 Å². The second-order valence-electron chi connectivity index (χ2n) is 30.6. The maximum atomic E-state index is 16.4. The molecule has 3 aromatic rings. The third-order valence-corrected chi connectivity index (χ3v) is 23.3. The van der Waals surface area contributed by atoms with Gasteiger partial charge >= 0.3 is 0 Å². The Hall–Kier alpha value is -8.74. The van der Waals surface area contributed by atoms with Crippen molar-refractivity contribution in [2.45, 2.75) is 206 Å². The first kappa shape index (κ1) is 82.2. The van der Waals surface area contributed by atoms with E-state index in [0.29, 0.717) is 27.3 Å². The van der Waals surface area contributed by atoms with Gasteiger partial charge in [-0.05, 0) is 151 Å². The highest BCUT2D eigenvalue weighted by Crippen LogP contribution is 2.51. The van der Waals surface area contributed by atoms with Crippen LogP contribution in [0.25, 0.3) is 11.1 Å². The smallest absolute Gasteiger partial charge is 0.248 e. The number of carbonyl (C=O) groups excluding carboxylic acids is 7. The molecule has 7 amide bonds. The van der Waals surface area contributed by atoms with Crippen molar-refractivity contribution >= 4 is 76.2 Å². The van der Waals surface area contributed by atoms with Gasteiger partial charge in [0.25, 0.3) is 0 Å². The number of amides is 7. The van der Waals surface area contributed by atoms with Crippen molar-refractivity contribution in [3.05, 3.63) is 169 Å². The first-order chi connectivity index (χ1) is 53.8. The van der Waals surface area contributed by atoms with Crippen molar-refractivity contribution in [3.8, 4) is 28.4 Å². The molecule has 3 saturated heterocycles. The van der Waals surface area contributed by atoms with Crippen molar-refractivity contribution in [1.82, 2.24) is 42.5 Å². The number of nitrogens with one attached hydrogen (secondary N) is 8. The predicted octanol–water partition coefficient (Wildman–Crippen LogP) is 2.48. The first-order valence-electron chi connectivity index (χ1n) is 37.4. The van der Waals surface area contributed by atoms with Gasteiger partial charge in [0.1, 0.15) is 71.9 Å². The highest BCUT2D eigenvalue weighted by Gasteiger charge is 2.54. The number of fused-ring (bicyclic) bond motifs is 21. The molecule has 0 radical (unpaired) electrons. The van der Waals surface area contributed by atoms with Gasteiger partial charge < -0.3 is 123 Å². The lowest BCUT2D eigenvalue weighted by atomic mass is 9.75. The molecule has 606 valence electrons. The van der Waals surface area contributed by atoms with Gasteiger partial charge in [-0.3, -0.25) is 33.6 Å². The van der Waals surface area contributed by atoms with Crippen LogP contribution < -0.4 is 62.5 Å². The Morgan fingerprint density at radius 2 is 1.47 bits per heavy atom. The van der Waals surface area contributed by atoms with E-state index in [-0.39, 0.29) is 94.5 Å². The van der Waals surface area contributed by atoms with E-state index in [4.69, 9.17) is 69.0 Å². The van der Waals surface area contributed by atoms with E-state index in [1.54, 1.807) is 31.2 Å². The number of hydrogen-bond donors (Lipinski definition) is 18. The number of benzene rings is 3. The fourth-order valence-electron chi connectivity index (χ4n) is 16.4. The van der Waals surface area contributed by atoms with Gasteiger partial charge in [0.15, 0.2) is 17.8 Å². The molecule has 15 rings (SSSR count). The highest BCUT2D eigenvalue weighted by atomic mass is 35.5. The lowest BCUT2D eigenvalue weighted by molar-refractivity contribution is -0.317. The van der Waals surface area contributed by atoms with Gasteiger partial charge in [0.05, 0.1) is 72.3 Å². The molecule has 3 fully saturated rings. The topological polar surface area (TPSA) is 479 Å². The van der Waals surface area contributed by atoms with Crippen LogP contribution >= 0.6 is 34.8 Å². The van der Waals surface area contributed by atoms with Crippen LogP contribution in [0.1, 0.15) is 108 Å². The second-order valence-corrected chi connectivity index (χ2v) is 32.0. The minimum absolute atomic E-state index is 0.00830. The number of nitrogens with two attached hydrogens (primary N) is 1. The van der Waals surface area contributed by atoms with Crippen molar-refractivity contribution < 1.29 is 108 Å². The minimum atomic E-state index is -2.24. The van der Waals surface area contributed by atoms with Gasteiger partial charge in [0.2, 0.25) is 53.4 Å². The van der Waals surface area contributed by atoms with Crippen LogP contribution in [-0.4, -0.2) is 216 Å². The fourth-order valence-corrected chi connectivity index (χ4v) is 17.1. The van der Waals surface area contributed by atoms with Crippen LogP contribution in [0.5, 0.6) is 17.2 Å². The molecule has 8 heterocycles. The third-order valence-electron chi connectivity index (χ3n) is 22.3. The Kier molecular flexibility index (Phi) is 24.7. The highest BCUT2D eigenvalue weighted by molar-refractivity contribution is 6.31. The third kappa shape index (κ3) is 17.2. The molecule has 0 saturated carbocycles. The lowest BCUT2D eigenvalue weighted by Crippen LogP contribution is -2.63. The van der Waals surface area contributed by atoms with Gasteiger partial charge in [-0.25, -0.2) is 0 Å². The lowest BCUT2D eigenvalue weighted by Gasteiger charge is -2.49. The van der Waals surface area contributed by atoms with Crippen LogP contribution in [0.3, 0.4) is 0 Å². The molecule has 34 heteroatoms. The normalized spacial score (nSPS) is 33.2. The van der Waals surface area contributed by atoms with E-state index < -0.39 is 229 Å². The number of hydrogen-bond acceptors (Lipinski definition) is 24. The summed E-state index contributed by atoms with van der Waals surface area (Å²) in [4.78, 5) is 106. The van der Waals surface area contributed by atoms with E-state index in [1.165, 1.54) is 55.6 Å². The number of aliphatic hydroxyl groups is 9. The number of likely N-dealkylation sites (N-methyl/N-ethyl adjacent to an activating group) is 1. The summed E-state index contributed by atoms with van der Waals surface area (Å²) in [5.41, 5.74) is 6.68. The molecule has 19 N–H and O–H groups in total. The van der Waals surface area contributed by atoms with Crippen molar-refractivity contribution in [2.75, 3.05) is 20.3 Å². The SMILES string of the molecule is CN[C@H](CC(C)C)C(=O)N[C@H]1C(=O)N[C@@H](CC(N)=O)C(=O)N[C@H]2C(=O)N[C@H]3C(=O)N[C@H](C(=O)N[C@H](CO)C4=CC(O)CC(O)=C4C4CC3=CC=C4O)[C@H](O)C3=CC=C(Oc4cc2cc(c4O[C@H]2OC(CO)C(O)[C@@H]4c5cc(ccc5-c5ccc(Cl)cc5)CNC5(C)C[C@H](OC24)O[C@@H](C)[C@H]5O)OC2=C(Cl)C=C(CC2)[C@H]1O)C(Cl)C3. The monoisotopic (exact) mass is 1620 g/mol. The van der Waals surface area contributed by atoms with Crippen molar-refractivity contribution in [2.24, 2.45) is 17.6 Å². The standard InChI is InChI=1S/C79H92Cl3N9O22/c1-32(2)18-48(84-5)72(102)90-64-66(98)37-10-16-53(46(81)21-37)109-55-23-39-24-56(69(55)113-78-70-61(68(100)57(31-93)111-78)43-19-34(6-14-42(43)35-7-12-40(80)13-8-35)29-85-79(4)28-59(112-70)108-33(3)71(79)101)110-54-17-11-38(22-47(54)82)67(99)65-77(107)87-50(30-92)44-25-41(94)26-52(96)60(44)45-20-36(9-15-51(45)95)62(74(104)91-65)89-75(105)63(39)88-73(103)49(27-58(83)97)86-76(64)106/h6-9,11-15,17,19,21,23-25,32-33,41,45,47-50,57,59,61-68,70-71,78,84-85,92-96,98-101H,10,16,18,20,22,26-31H2,1-5H3,(H2,83,97)(H,86,106)(H,87,107)(H,88,103)(H,89,105)(H,90,102)(H,91,104)/t33-,41?,45?,47?,48+,49-,50+,57?,59-,61-,62+,63+,64+,65-,66+,67+,68?,70?,71+,78+,79?/m0/s1. The molecule has 15 bridgehead atoms. The Labute approximate surface area is 664 Å². The van der Waals surface area contributed by atoms with Crippen LogP contribution in [-0.2, 0) is 54.3 Å². The molecular formula is C79H92Cl3N9O22. The number of ether oxygens (including phenoxy) is 6. The molecule has 31 nitrogen and oxygen atoms in total. The summed E-state index contributed by atoms with van der Waals surface area (Å²) in [7, 11) is 1.52. The van der Waals surface area contributed by atoms with Gasteiger partial charge in [-0.2, -0.15) is 0 Å². The molecular weight excluding hydrogens is 1530 g/mol. The number of halogens is 3. The molecule has 12 aliphatic rings. The van der Waals surface area contributed by atoms with E-state index in [9.17, 15) is 55.5 Å². The number of rotatable bonds is 12. The summed E-state index contributed by atoms with van der Waals surface area (Å²) >= 11 is 21.2. The fraction of sp³-hybridized carbons (Fsp3) is 0.481. The zero-order valence-electron chi connectivity index (χ0n) is 62.1. The molecule has 8 aliphatic heterocycles. The Balaban J connectivity index is 1.05. The number of aliphatic hydroxyl groups excluding tert-OH is 9. The maximum Gasteiger partial charge on any atom is 0.248 e. The van der Waals surface area contributed by atoms with E-state index in [0.717, 1.165) is 0 Å². The Morgan fingerprint density at radius 3 is 2.16 bits per heavy atom. The Morgan fingerprint density at radius 1 is 0.761 bits per heavy atom. The average molecular weight is 1630 g/mol. The average Bonchev–Trinajstić information content (AvgIpc) is 1.72. The molecule has 0 spiro atoms. The largest absolute Gasteiger partial charge is 0.512 e. The molecule has 21 atom stereocenters. The molecule has 4 aliphatic carbocycles. The molecule has 0 aromatic heterocycles. The van der Waals surface area contributed by atoms with Crippen LogP contribution in [0.4, 0.5) is 0 Å². The van der Waals surface area contributed by atoms with E-state index in [2.05, 4.69) is 42.5 Å². The van der Waals surface area contributed by atoms with E-state index >= 15 is 24.0 Å². The number of allylic oxidation sites excluding steroid dienone is 9. The van der Waals surface area contributed by atoms with Gasteiger partial charge in [-0.15, -0.1) is 11.6 Å². The summed E-state index contributed by atoms with van der Waals surface area (Å²) in [6, 6.07) is 2.16. The minimum Gasteiger partial charge on any atom is -0.512 e. The first-order valence-corrected chi connectivity index (χ1v) is 38.6. The summed E-state index contributed by atoms with van der Waals surface area (Å²) in [6.07, 6.45) is -9.77. The number of primary amides is 1. The molecule has 113 heavy (non-hydrogen) atoms. The second kappa shape index (κ2) is 34.0. The summed E-state index contributed by atoms with van der Waals surface area (Å²) in [6.45, 7) is 5.65. The predicted molar refractivity (Wildman–Crippen MR) is 406 cm³/mol. The Bertz CT molecular complexity index is 4550. The van der Waals surface area contributed by atoms with Crippen LogP contribution in [0, 0.1) is 11.8 Å². The molecule has 3 aromatic carbocycles. The quantitative estimate of drug-likeness (QED) is 0.116. The molecule has 7 unspecified atom stereocenters. The van der Waals surface area contributed by atoms with Crippen LogP contribution in [0.15, 0.2) is 147 Å². The van der Waals surface area contributed by atoms with Crippen molar-refractivity contribution in [3.63, 3.8) is 0 Å². The summed E-state index contributed by atoms with van der Waals surface area (Å²) in [5.74, 6) is -13.3. The van der Waals surface area contributed by atoms with Crippen molar-refractivity contribution in [1.29, 1.82) is 0 Å². The number of carbonyl (C=O) groups is 7.